The molecule has 6 rings (SSSR count). The highest BCUT2D eigenvalue weighted by molar-refractivity contribution is 7.98. The molecule has 1 aliphatic rings. The first-order valence-corrected chi connectivity index (χ1v) is 12.1. The lowest BCUT2D eigenvalue weighted by Gasteiger charge is -2.27. The molecule has 0 saturated carbocycles. The number of hydrogen-bond acceptors (Lipinski definition) is 7. The molecule has 1 aliphatic heterocycles. The van der Waals surface area contributed by atoms with Gasteiger partial charge in [0.15, 0.2) is 16.6 Å². The third-order valence-corrected chi connectivity index (χ3v) is 6.74. The van der Waals surface area contributed by atoms with Crippen LogP contribution >= 0.6 is 23.4 Å². The summed E-state index contributed by atoms with van der Waals surface area (Å²) in [4.78, 5) is 25.1. The number of thioether (sulfide) groups is 1. The number of halogens is 1. The van der Waals surface area contributed by atoms with Crippen LogP contribution in [-0.4, -0.2) is 46.6 Å². The number of para-hydroxylation sites is 1. The Kier molecular flexibility index (Phi) is 4.84. The van der Waals surface area contributed by atoms with E-state index in [0.29, 0.717) is 27.5 Å². The average molecular weight is 479 g/mol. The van der Waals surface area contributed by atoms with Crippen molar-refractivity contribution < 1.29 is 0 Å². The van der Waals surface area contributed by atoms with E-state index in [2.05, 4.69) is 15.0 Å². The Morgan fingerprint density at radius 2 is 1.97 bits per heavy atom. The maximum absolute atomic E-state index is 13.7. The molecule has 1 aromatic carbocycles. The summed E-state index contributed by atoms with van der Waals surface area (Å²) in [6, 6.07) is 12.9. The van der Waals surface area contributed by atoms with Crippen LogP contribution in [-0.2, 0) is 0 Å². The summed E-state index contributed by atoms with van der Waals surface area (Å²) < 4.78 is 4.99. The van der Waals surface area contributed by atoms with E-state index in [4.69, 9.17) is 21.7 Å². The molecule has 4 aromatic heterocycles. The van der Waals surface area contributed by atoms with Gasteiger partial charge >= 0.3 is 0 Å². The fourth-order valence-corrected chi connectivity index (χ4v) is 5.01. The van der Waals surface area contributed by atoms with Crippen molar-refractivity contribution in [2.45, 2.75) is 24.0 Å². The van der Waals surface area contributed by atoms with Gasteiger partial charge in [0.2, 0.25) is 5.95 Å². The minimum atomic E-state index is -0.204. The van der Waals surface area contributed by atoms with Crippen LogP contribution in [0.3, 0.4) is 0 Å². The van der Waals surface area contributed by atoms with E-state index in [1.165, 1.54) is 11.8 Å². The van der Waals surface area contributed by atoms with Crippen molar-refractivity contribution in [2.24, 2.45) is 0 Å². The van der Waals surface area contributed by atoms with Gasteiger partial charge in [-0.25, -0.2) is 9.50 Å². The lowest BCUT2D eigenvalue weighted by molar-refractivity contribution is 0.588. The Balaban J connectivity index is 1.59. The van der Waals surface area contributed by atoms with E-state index < -0.39 is 0 Å². The predicted octanol–water partition coefficient (Wildman–Crippen LogP) is 3.64. The average Bonchev–Trinajstić information content (AvgIpc) is 3.58. The molecule has 0 N–H and O–H groups in total. The third-order valence-electron chi connectivity index (χ3n) is 5.89. The first-order valence-electron chi connectivity index (χ1n) is 10.5. The van der Waals surface area contributed by atoms with Crippen LogP contribution in [0.4, 0.5) is 5.95 Å². The second-order valence-electron chi connectivity index (χ2n) is 7.75. The van der Waals surface area contributed by atoms with Crippen LogP contribution in [0.5, 0.6) is 0 Å². The summed E-state index contributed by atoms with van der Waals surface area (Å²) in [6.45, 7) is 0.763. The number of anilines is 1. The van der Waals surface area contributed by atoms with Crippen LogP contribution in [0.1, 0.15) is 24.7 Å². The molecule has 0 unspecified atom stereocenters. The largest absolute Gasteiger partial charge is 0.330 e. The molecular formula is C22H19ClN8OS. The zero-order chi connectivity index (χ0) is 22.5. The van der Waals surface area contributed by atoms with Crippen LogP contribution in [0.15, 0.2) is 64.8 Å². The van der Waals surface area contributed by atoms with Gasteiger partial charge in [-0.3, -0.25) is 9.36 Å². The fourth-order valence-electron chi connectivity index (χ4n) is 4.43. The van der Waals surface area contributed by atoms with E-state index >= 15 is 0 Å². The van der Waals surface area contributed by atoms with Crippen molar-refractivity contribution in [3.05, 3.63) is 76.1 Å². The summed E-state index contributed by atoms with van der Waals surface area (Å²) in [5.74, 6) is 1.32. The molecule has 0 radical (unpaired) electrons. The molecule has 166 valence electrons. The van der Waals surface area contributed by atoms with Gasteiger partial charge in [0.05, 0.1) is 22.9 Å². The normalized spacial score (nSPS) is 16.3. The number of hydrogen-bond donors (Lipinski definition) is 0. The first-order chi connectivity index (χ1) is 16.2. The Bertz CT molecular complexity index is 1540. The first kappa shape index (κ1) is 20.3. The topological polar surface area (TPSA) is 85.6 Å². The van der Waals surface area contributed by atoms with E-state index in [0.717, 1.165) is 30.7 Å². The zero-order valence-corrected chi connectivity index (χ0v) is 19.2. The third kappa shape index (κ3) is 3.20. The monoisotopic (exact) mass is 478 g/mol. The van der Waals surface area contributed by atoms with Crippen molar-refractivity contribution >= 4 is 40.5 Å². The number of aromatic nitrogens is 7. The van der Waals surface area contributed by atoms with Crippen LogP contribution < -0.4 is 10.5 Å². The summed E-state index contributed by atoms with van der Waals surface area (Å²) in [6.07, 6.45) is 7.14. The molecule has 1 saturated heterocycles. The Morgan fingerprint density at radius 1 is 1.12 bits per heavy atom. The van der Waals surface area contributed by atoms with E-state index in [1.54, 1.807) is 32.1 Å². The molecule has 0 aliphatic carbocycles. The van der Waals surface area contributed by atoms with Crippen molar-refractivity contribution in [1.82, 2.24) is 33.8 Å². The second kappa shape index (κ2) is 7.89. The molecule has 0 bridgehead atoms. The van der Waals surface area contributed by atoms with E-state index in [-0.39, 0.29) is 11.6 Å². The lowest BCUT2D eigenvalue weighted by atomic mass is 10.2. The van der Waals surface area contributed by atoms with Gasteiger partial charge in [0, 0.05) is 18.8 Å². The van der Waals surface area contributed by atoms with Gasteiger partial charge < -0.3 is 4.90 Å². The van der Waals surface area contributed by atoms with Crippen LogP contribution in [0, 0.1) is 0 Å². The SMILES string of the molecule is CSc1nc(N2CCC[C@H]2c2nn3ccc(Cl)c3c(=O)n2-c2ccccc2)n2nccc2n1. The molecule has 1 atom stereocenters. The van der Waals surface area contributed by atoms with Crippen LogP contribution in [0.2, 0.25) is 5.02 Å². The highest BCUT2D eigenvalue weighted by atomic mass is 35.5. The van der Waals surface area contributed by atoms with Crippen molar-refractivity contribution in [1.29, 1.82) is 0 Å². The smallest absolute Gasteiger partial charge is 0.284 e. The Labute approximate surface area is 197 Å². The quantitative estimate of drug-likeness (QED) is 0.364. The van der Waals surface area contributed by atoms with E-state index in [9.17, 15) is 4.79 Å². The van der Waals surface area contributed by atoms with Gasteiger partial charge in [-0.2, -0.15) is 19.7 Å². The predicted molar refractivity (Wildman–Crippen MR) is 128 cm³/mol. The minimum Gasteiger partial charge on any atom is -0.330 e. The molecule has 33 heavy (non-hydrogen) atoms. The van der Waals surface area contributed by atoms with Gasteiger partial charge in [-0.05, 0) is 37.3 Å². The lowest BCUT2D eigenvalue weighted by Crippen LogP contribution is -2.34. The maximum Gasteiger partial charge on any atom is 0.284 e. The maximum atomic E-state index is 13.7. The highest BCUT2D eigenvalue weighted by Crippen LogP contribution is 2.35. The zero-order valence-electron chi connectivity index (χ0n) is 17.7. The van der Waals surface area contributed by atoms with Gasteiger partial charge in [-0.1, -0.05) is 41.6 Å². The molecular weight excluding hydrogens is 460 g/mol. The van der Waals surface area contributed by atoms with Crippen molar-refractivity contribution in [3.8, 4) is 5.69 Å². The summed E-state index contributed by atoms with van der Waals surface area (Å²) in [5, 5.41) is 10.4. The van der Waals surface area contributed by atoms with Gasteiger partial charge in [0.25, 0.3) is 5.56 Å². The standard InChI is InChI=1S/C22H19ClN8OS/c1-33-21-25-17-9-11-24-31(17)22(26-21)28-12-5-8-16(28)19-27-29-13-10-15(23)18(29)20(32)30(19)14-6-3-2-4-7-14/h2-4,6-7,9-11,13,16H,5,8,12H2,1H3/t16-/m0/s1. The molecule has 9 nitrogen and oxygen atoms in total. The van der Waals surface area contributed by atoms with Gasteiger partial charge in [0.1, 0.15) is 5.52 Å². The van der Waals surface area contributed by atoms with E-state index in [1.807, 2.05) is 42.7 Å². The number of rotatable bonds is 4. The molecule has 5 heterocycles. The highest BCUT2D eigenvalue weighted by Gasteiger charge is 2.34. The van der Waals surface area contributed by atoms with Crippen molar-refractivity contribution in [3.63, 3.8) is 0 Å². The van der Waals surface area contributed by atoms with Crippen molar-refractivity contribution in [2.75, 3.05) is 17.7 Å². The van der Waals surface area contributed by atoms with Gasteiger partial charge in [-0.15, -0.1) is 0 Å². The summed E-state index contributed by atoms with van der Waals surface area (Å²) in [5.41, 5.74) is 1.63. The minimum absolute atomic E-state index is 0.180. The van der Waals surface area contributed by atoms with Crippen LogP contribution in [0.25, 0.3) is 16.9 Å². The molecule has 5 aromatic rings. The molecule has 1 fully saturated rings. The molecule has 0 spiro atoms. The number of fused-ring (bicyclic) bond motifs is 2. The second-order valence-corrected chi connectivity index (χ2v) is 8.93. The Hall–Kier alpha value is -3.37. The molecule has 0 amide bonds. The summed E-state index contributed by atoms with van der Waals surface area (Å²) in [7, 11) is 0. The number of nitrogens with zero attached hydrogens (tertiary/aromatic N) is 8. The fraction of sp³-hybridized carbons (Fsp3) is 0.227. The Morgan fingerprint density at radius 3 is 2.79 bits per heavy atom. The number of benzene rings is 1. The molecule has 11 heteroatoms. The summed E-state index contributed by atoms with van der Waals surface area (Å²) >= 11 is 7.83.